The van der Waals surface area contributed by atoms with Crippen molar-refractivity contribution in [2.45, 2.75) is 65.2 Å². The summed E-state index contributed by atoms with van der Waals surface area (Å²) in [7, 11) is 0. The summed E-state index contributed by atoms with van der Waals surface area (Å²) in [4.78, 5) is 9.29. The molecule has 1 aliphatic rings. The Morgan fingerprint density at radius 2 is 1.85 bits per heavy atom. The van der Waals surface area contributed by atoms with Crippen molar-refractivity contribution in [2.24, 2.45) is 11.8 Å². The maximum absolute atomic E-state index is 6.26. The SMILES string of the molecule is CCCc1nc(C2CCC(C(C)C)CC2)nc(Cl)c1Br. The van der Waals surface area contributed by atoms with Crippen molar-refractivity contribution in [2.75, 3.05) is 0 Å². The molecule has 1 fully saturated rings. The van der Waals surface area contributed by atoms with E-state index in [1.807, 2.05) is 0 Å². The molecule has 0 bridgehead atoms. The monoisotopic (exact) mass is 358 g/mol. The van der Waals surface area contributed by atoms with E-state index in [1.54, 1.807) is 0 Å². The van der Waals surface area contributed by atoms with Crippen molar-refractivity contribution in [3.05, 3.63) is 21.1 Å². The number of rotatable bonds is 4. The van der Waals surface area contributed by atoms with Crippen molar-refractivity contribution in [1.29, 1.82) is 0 Å². The lowest BCUT2D eigenvalue weighted by molar-refractivity contribution is 0.254. The normalized spacial score (nSPS) is 23.3. The molecule has 1 aromatic heterocycles. The van der Waals surface area contributed by atoms with Crippen LogP contribution in [-0.2, 0) is 6.42 Å². The zero-order valence-electron chi connectivity index (χ0n) is 12.6. The number of halogens is 2. The van der Waals surface area contributed by atoms with Crippen LogP contribution in [0, 0.1) is 11.8 Å². The summed E-state index contributed by atoms with van der Waals surface area (Å²) in [5.41, 5.74) is 1.06. The van der Waals surface area contributed by atoms with Crippen LogP contribution in [0.5, 0.6) is 0 Å². The van der Waals surface area contributed by atoms with E-state index in [4.69, 9.17) is 16.6 Å². The highest BCUT2D eigenvalue weighted by molar-refractivity contribution is 9.10. The molecule has 2 nitrogen and oxygen atoms in total. The van der Waals surface area contributed by atoms with Gasteiger partial charge in [0.25, 0.3) is 0 Å². The van der Waals surface area contributed by atoms with Gasteiger partial charge < -0.3 is 0 Å². The topological polar surface area (TPSA) is 25.8 Å². The fourth-order valence-electron chi connectivity index (χ4n) is 3.11. The quantitative estimate of drug-likeness (QED) is 0.637. The van der Waals surface area contributed by atoms with E-state index in [9.17, 15) is 0 Å². The average molecular weight is 360 g/mol. The molecule has 0 saturated heterocycles. The molecule has 4 heteroatoms. The first kappa shape index (κ1) is 16.2. The Hall–Kier alpha value is -0.150. The van der Waals surface area contributed by atoms with Gasteiger partial charge in [0.05, 0.1) is 10.2 Å². The first-order chi connectivity index (χ1) is 9.52. The predicted molar refractivity (Wildman–Crippen MR) is 88.3 cm³/mol. The Kier molecular flexibility index (Phi) is 5.85. The third-order valence-corrected chi connectivity index (χ3v) is 5.80. The molecule has 0 aromatic carbocycles. The summed E-state index contributed by atoms with van der Waals surface area (Å²) >= 11 is 9.77. The molecule has 112 valence electrons. The maximum atomic E-state index is 6.26. The Labute approximate surface area is 135 Å². The second-order valence-electron chi connectivity index (χ2n) is 6.24. The number of hydrogen-bond acceptors (Lipinski definition) is 2. The summed E-state index contributed by atoms with van der Waals surface area (Å²) in [5, 5.41) is 0.574. The molecule has 0 spiro atoms. The third kappa shape index (κ3) is 3.73. The first-order valence-electron chi connectivity index (χ1n) is 7.74. The lowest BCUT2D eigenvalue weighted by Gasteiger charge is -2.30. The highest BCUT2D eigenvalue weighted by atomic mass is 79.9. The average Bonchev–Trinajstić information content (AvgIpc) is 2.44. The molecule has 0 unspecified atom stereocenters. The van der Waals surface area contributed by atoms with Gasteiger partial charge in [0.1, 0.15) is 11.0 Å². The van der Waals surface area contributed by atoms with Crippen molar-refractivity contribution in [1.82, 2.24) is 9.97 Å². The second-order valence-corrected chi connectivity index (χ2v) is 7.39. The van der Waals surface area contributed by atoms with Gasteiger partial charge in [0, 0.05) is 5.92 Å². The number of aromatic nitrogens is 2. The highest BCUT2D eigenvalue weighted by Crippen LogP contribution is 2.38. The minimum absolute atomic E-state index is 0.492. The summed E-state index contributed by atoms with van der Waals surface area (Å²) in [6.07, 6.45) is 7.02. The summed E-state index contributed by atoms with van der Waals surface area (Å²) in [6, 6.07) is 0. The van der Waals surface area contributed by atoms with Crippen LogP contribution in [0.1, 0.15) is 70.3 Å². The lowest BCUT2D eigenvalue weighted by Crippen LogP contribution is -2.19. The van der Waals surface area contributed by atoms with Crippen molar-refractivity contribution in [3.8, 4) is 0 Å². The zero-order chi connectivity index (χ0) is 14.7. The van der Waals surface area contributed by atoms with Crippen LogP contribution < -0.4 is 0 Å². The van der Waals surface area contributed by atoms with Crippen LogP contribution in [0.25, 0.3) is 0 Å². The third-order valence-electron chi connectivity index (χ3n) is 4.46. The van der Waals surface area contributed by atoms with E-state index in [2.05, 4.69) is 41.7 Å². The molecule has 1 aromatic rings. The van der Waals surface area contributed by atoms with Crippen LogP contribution in [0.4, 0.5) is 0 Å². The van der Waals surface area contributed by atoms with Gasteiger partial charge in [-0.1, -0.05) is 38.8 Å². The van der Waals surface area contributed by atoms with Gasteiger partial charge in [-0.25, -0.2) is 9.97 Å². The molecule has 0 N–H and O–H groups in total. The van der Waals surface area contributed by atoms with Gasteiger partial charge in [-0.2, -0.15) is 0 Å². The van der Waals surface area contributed by atoms with Gasteiger partial charge >= 0.3 is 0 Å². The fraction of sp³-hybridized carbons (Fsp3) is 0.750. The van der Waals surface area contributed by atoms with E-state index < -0.39 is 0 Å². The molecular formula is C16H24BrClN2. The van der Waals surface area contributed by atoms with Crippen LogP contribution in [0.2, 0.25) is 5.15 Å². The van der Waals surface area contributed by atoms with Crippen molar-refractivity contribution in [3.63, 3.8) is 0 Å². The Balaban J connectivity index is 2.13. The Morgan fingerprint density at radius 3 is 2.40 bits per heavy atom. The highest BCUT2D eigenvalue weighted by Gasteiger charge is 2.26. The maximum Gasteiger partial charge on any atom is 0.147 e. The Bertz CT molecular complexity index is 454. The van der Waals surface area contributed by atoms with E-state index in [-0.39, 0.29) is 0 Å². The summed E-state index contributed by atoms with van der Waals surface area (Å²) in [6.45, 7) is 6.82. The first-order valence-corrected chi connectivity index (χ1v) is 8.91. The molecule has 2 rings (SSSR count). The predicted octanol–water partition coefficient (Wildman–Crippen LogP) is 5.77. The minimum atomic E-state index is 0.492. The molecule has 0 radical (unpaired) electrons. The smallest absolute Gasteiger partial charge is 0.147 e. The summed E-state index contributed by atoms with van der Waals surface area (Å²) in [5.74, 6) is 3.11. The number of aryl methyl sites for hydroxylation is 1. The molecule has 0 aliphatic heterocycles. The largest absolute Gasteiger partial charge is 0.236 e. The van der Waals surface area contributed by atoms with Gasteiger partial charge in [-0.15, -0.1) is 0 Å². The van der Waals surface area contributed by atoms with E-state index in [0.717, 1.165) is 40.7 Å². The second kappa shape index (κ2) is 7.22. The lowest BCUT2D eigenvalue weighted by atomic mass is 9.77. The molecular weight excluding hydrogens is 336 g/mol. The number of hydrogen-bond donors (Lipinski definition) is 0. The number of nitrogens with zero attached hydrogens (tertiary/aromatic N) is 2. The van der Waals surface area contributed by atoms with E-state index in [0.29, 0.717) is 11.1 Å². The summed E-state index contributed by atoms with van der Waals surface area (Å²) < 4.78 is 0.876. The zero-order valence-corrected chi connectivity index (χ0v) is 15.0. The molecule has 1 aliphatic carbocycles. The van der Waals surface area contributed by atoms with Gasteiger partial charge in [0.15, 0.2) is 0 Å². The standard InChI is InChI=1S/C16H24BrClN2/c1-4-5-13-14(17)15(18)20-16(19-13)12-8-6-11(7-9-12)10(2)3/h10-12H,4-9H2,1-3H3. The van der Waals surface area contributed by atoms with Crippen LogP contribution >= 0.6 is 27.5 Å². The van der Waals surface area contributed by atoms with Crippen LogP contribution in [0.15, 0.2) is 4.47 Å². The van der Waals surface area contributed by atoms with E-state index >= 15 is 0 Å². The molecule has 1 heterocycles. The van der Waals surface area contributed by atoms with Gasteiger partial charge in [0.2, 0.25) is 0 Å². The molecule has 20 heavy (non-hydrogen) atoms. The molecule has 0 amide bonds. The van der Waals surface area contributed by atoms with Gasteiger partial charge in [-0.05, 0) is 59.9 Å². The minimum Gasteiger partial charge on any atom is -0.236 e. The van der Waals surface area contributed by atoms with Crippen molar-refractivity contribution < 1.29 is 0 Å². The molecule has 1 saturated carbocycles. The van der Waals surface area contributed by atoms with Crippen molar-refractivity contribution >= 4 is 27.5 Å². The Morgan fingerprint density at radius 1 is 1.20 bits per heavy atom. The van der Waals surface area contributed by atoms with E-state index in [1.165, 1.54) is 25.7 Å². The van der Waals surface area contributed by atoms with Gasteiger partial charge in [-0.3, -0.25) is 0 Å². The fourth-order valence-corrected chi connectivity index (χ4v) is 3.68. The van der Waals surface area contributed by atoms with Crippen LogP contribution in [0.3, 0.4) is 0 Å². The van der Waals surface area contributed by atoms with Crippen LogP contribution in [-0.4, -0.2) is 9.97 Å². The molecule has 0 atom stereocenters.